The number of hydrogen-bond acceptors (Lipinski definition) is 6. The van der Waals surface area contributed by atoms with Crippen LogP contribution in [0.2, 0.25) is 5.02 Å². The number of rotatable bonds is 8. The Morgan fingerprint density at radius 2 is 1.96 bits per heavy atom. The quantitative estimate of drug-likeness (QED) is 0.509. The van der Waals surface area contributed by atoms with Crippen molar-refractivity contribution in [3.8, 4) is 17.2 Å². The Kier molecular flexibility index (Phi) is 6.89. The number of nitrogens with zero attached hydrogens (tertiary/aromatic N) is 3. The van der Waals surface area contributed by atoms with Crippen molar-refractivity contribution >= 4 is 29.3 Å². The molecule has 2 aromatic carbocycles. The van der Waals surface area contributed by atoms with E-state index < -0.39 is 5.82 Å². The van der Waals surface area contributed by atoms with Gasteiger partial charge in [-0.15, -0.1) is 10.2 Å². The number of amides is 1. The normalized spacial score (nSPS) is 10.7. The van der Waals surface area contributed by atoms with Gasteiger partial charge in [0.2, 0.25) is 11.8 Å². The number of thioether (sulfide) groups is 1. The molecule has 6 nitrogen and oxygen atoms in total. The van der Waals surface area contributed by atoms with E-state index in [1.165, 1.54) is 11.0 Å². The highest BCUT2D eigenvalue weighted by Crippen LogP contribution is 2.28. The van der Waals surface area contributed by atoms with Gasteiger partial charge >= 0.3 is 0 Å². The fourth-order valence-corrected chi connectivity index (χ4v) is 3.14. The summed E-state index contributed by atoms with van der Waals surface area (Å²) in [5.74, 6) is 0.0145. The number of carbonyl (C=O) groups excluding carboxylic acids is 1. The van der Waals surface area contributed by atoms with Gasteiger partial charge in [0.15, 0.2) is 11.6 Å². The second-order valence-corrected chi connectivity index (χ2v) is 7.07. The highest BCUT2D eigenvalue weighted by molar-refractivity contribution is 7.99. The molecule has 0 unspecified atom stereocenters. The third kappa shape index (κ3) is 5.24. The summed E-state index contributed by atoms with van der Waals surface area (Å²) in [4.78, 5) is 13.7. The average molecular weight is 422 g/mol. The number of halogens is 2. The standard InChI is InChI=1S/C19H17ClFN3O3S/c1-24(10-11-26-16-9-5-4-8-15(16)21)17(25)12-28-19-23-22-18(27-19)13-6-2-3-7-14(13)20/h2-9H,10-12H2,1H3. The summed E-state index contributed by atoms with van der Waals surface area (Å²) < 4.78 is 24.4. The minimum absolute atomic E-state index is 0.125. The van der Waals surface area contributed by atoms with Crippen molar-refractivity contribution < 1.29 is 18.3 Å². The maximum atomic E-state index is 13.5. The van der Waals surface area contributed by atoms with Gasteiger partial charge < -0.3 is 14.1 Å². The SMILES string of the molecule is CN(CCOc1ccccc1F)C(=O)CSc1nnc(-c2ccccc2Cl)o1. The molecule has 0 atom stereocenters. The molecule has 0 N–H and O–H groups in total. The lowest BCUT2D eigenvalue weighted by Crippen LogP contribution is -2.32. The Morgan fingerprint density at radius 1 is 1.21 bits per heavy atom. The molecule has 0 saturated heterocycles. The molecule has 1 aromatic heterocycles. The summed E-state index contributed by atoms with van der Waals surface area (Å²) in [5.41, 5.74) is 0.636. The number of ether oxygens (including phenoxy) is 1. The highest BCUT2D eigenvalue weighted by atomic mass is 35.5. The molecule has 9 heteroatoms. The van der Waals surface area contributed by atoms with E-state index in [1.54, 1.807) is 37.4 Å². The van der Waals surface area contributed by atoms with Crippen LogP contribution in [0.1, 0.15) is 0 Å². The molecule has 3 rings (SSSR count). The van der Waals surface area contributed by atoms with Crippen LogP contribution >= 0.6 is 23.4 Å². The van der Waals surface area contributed by atoms with Gasteiger partial charge in [0, 0.05) is 7.05 Å². The summed E-state index contributed by atoms with van der Waals surface area (Å²) in [6.45, 7) is 0.507. The molecule has 0 aliphatic rings. The van der Waals surface area contributed by atoms with Crippen LogP contribution in [0.5, 0.6) is 5.75 Å². The molecule has 0 aliphatic heterocycles. The van der Waals surface area contributed by atoms with E-state index in [2.05, 4.69) is 10.2 Å². The molecule has 0 bridgehead atoms. The molecule has 3 aromatic rings. The van der Waals surface area contributed by atoms with Crippen LogP contribution in [0.4, 0.5) is 4.39 Å². The van der Waals surface area contributed by atoms with E-state index in [-0.39, 0.29) is 29.2 Å². The van der Waals surface area contributed by atoms with Crippen LogP contribution in [0.15, 0.2) is 58.2 Å². The Labute approximate surface area is 170 Å². The number of likely N-dealkylation sites (N-methyl/N-ethyl adjacent to an activating group) is 1. The number of aromatic nitrogens is 2. The van der Waals surface area contributed by atoms with Gasteiger partial charge in [0.1, 0.15) is 6.61 Å². The average Bonchev–Trinajstić information content (AvgIpc) is 3.16. The molecule has 0 spiro atoms. The lowest BCUT2D eigenvalue weighted by molar-refractivity contribution is -0.127. The maximum Gasteiger partial charge on any atom is 0.277 e. The topological polar surface area (TPSA) is 68.5 Å². The summed E-state index contributed by atoms with van der Waals surface area (Å²) >= 11 is 7.24. The van der Waals surface area contributed by atoms with Crippen LogP contribution < -0.4 is 4.74 Å². The molecule has 0 radical (unpaired) electrons. The monoisotopic (exact) mass is 421 g/mol. The molecule has 146 valence electrons. The number of benzene rings is 2. The third-order valence-corrected chi connectivity index (χ3v) is 4.91. The van der Waals surface area contributed by atoms with Gasteiger partial charge in [-0.3, -0.25) is 4.79 Å². The van der Waals surface area contributed by atoms with Crippen LogP contribution in [0.3, 0.4) is 0 Å². The predicted octanol–water partition coefficient (Wildman–Crippen LogP) is 4.16. The summed E-state index contributed by atoms with van der Waals surface area (Å²) in [6, 6.07) is 13.3. The van der Waals surface area contributed by atoms with Crippen molar-refractivity contribution in [2.24, 2.45) is 0 Å². The lowest BCUT2D eigenvalue weighted by Gasteiger charge is -2.17. The first kappa shape index (κ1) is 20.2. The van der Waals surface area contributed by atoms with Crippen molar-refractivity contribution in [3.05, 3.63) is 59.4 Å². The first-order chi connectivity index (χ1) is 13.5. The summed E-state index contributed by atoms with van der Waals surface area (Å²) in [5, 5.41) is 8.67. The Hall–Kier alpha value is -2.58. The summed E-state index contributed by atoms with van der Waals surface area (Å²) in [7, 11) is 1.65. The summed E-state index contributed by atoms with van der Waals surface area (Å²) in [6.07, 6.45) is 0. The predicted molar refractivity (Wildman–Crippen MR) is 105 cm³/mol. The molecule has 1 heterocycles. The van der Waals surface area contributed by atoms with Gasteiger partial charge in [-0.1, -0.05) is 47.6 Å². The molecular formula is C19H17ClFN3O3S. The molecular weight excluding hydrogens is 405 g/mol. The van der Waals surface area contributed by atoms with Gasteiger partial charge in [-0.2, -0.15) is 0 Å². The molecule has 0 fully saturated rings. The molecule has 0 saturated carbocycles. The number of hydrogen-bond donors (Lipinski definition) is 0. The highest BCUT2D eigenvalue weighted by Gasteiger charge is 2.15. The van der Waals surface area contributed by atoms with E-state index >= 15 is 0 Å². The fraction of sp³-hybridized carbons (Fsp3) is 0.211. The van der Waals surface area contributed by atoms with Crippen molar-refractivity contribution in [1.29, 1.82) is 0 Å². The van der Waals surface area contributed by atoms with Crippen molar-refractivity contribution in [3.63, 3.8) is 0 Å². The van der Waals surface area contributed by atoms with Crippen molar-refractivity contribution in [1.82, 2.24) is 15.1 Å². The first-order valence-corrected chi connectivity index (χ1v) is 9.73. The van der Waals surface area contributed by atoms with E-state index in [1.807, 2.05) is 12.1 Å². The van der Waals surface area contributed by atoms with Crippen LogP contribution in [0, 0.1) is 5.82 Å². The van der Waals surface area contributed by atoms with Crippen molar-refractivity contribution in [2.75, 3.05) is 26.0 Å². The Balaban J connectivity index is 1.46. The van der Waals surface area contributed by atoms with Crippen molar-refractivity contribution in [2.45, 2.75) is 5.22 Å². The van der Waals surface area contributed by atoms with Crippen LogP contribution in [-0.2, 0) is 4.79 Å². The minimum atomic E-state index is -0.433. The van der Waals surface area contributed by atoms with Crippen LogP contribution in [-0.4, -0.2) is 47.0 Å². The zero-order chi connectivity index (χ0) is 19.9. The van der Waals surface area contributed by atoms with Gasteiger partial charge in [-0.25, -0.2) is 4.39 Å². The van der Waals surface area contributed by atoms with E-state index in [9.17, 15) is 9.18 Å². The smallest absolute Gasteiger partial charge is 0.277 e. The number of carbonyl (C=O) groups is 1. The van der Waals surface area contributed by atoms with Gasteiger partial charge in [0.25, 0.3) is 5.22 Å². The van der Waals surface area contributed by atoms with Gasteiger partial charge in [-0.05, 0) is 24.3 Å². The fourth-order valence-electron chi connectivity index (χ4n) is 2.22. The maximum absolute atomic E-state index is 13.5. The Morgan fingerprint density at radius 3 is 2.75 bits per heavy atom. The largest absolute Gasteiger partial charge is 0.489 e. The molecule has 1 amide bonds. The minimum Gasteiger partial charge on any atom is -0.489 e. The Bertz CT molecular complexity index is 953. The molecule has 0 aliphatic carbocycles. The van der Waals surface area contributed by atoms with Gasteiger partial charge in [0.05, 0.1) is 22.9 Å². The zero-order valence-electron chi connectivity index (χ0n) is 15.0. The van der Waals surface area contributed by atoms with Crippen LogP contribution in [0.25, 0.3) is 11.5 Å². The second-order valence-electron chi connectivity index (χ2n) is 5.74. The lowest BCUT2D eigenvalue weighted by atomic mass is 10.2. The van der Waals surface area contributed by atoms with E-state index in [0.29, 0.717) is 23.0 Å². The molecule has 28 heavy (non-hydrogen) atoms. The zero-order valence-corrected chi connectivity index (χ0v) is 16.5. The third-order valence-electron chi connectivity index (χ3n) is 3.78. The number of para-hydroxylation sites is 1. The second kappa shape index (κ2) is 9.57. The first-order valence-electron chi connectivity index (χ1n) is 8.37. The van der Waals surface area contributed by atoms with E-state index in [4.69, 9.17) is 20.8 Å². The van der Waals surface area contributed by atoms with E-state index in [0.717, 1.165) is 11.8 Å².